The van der Waals surface area contributed by atoms with Crippen molar-refractivity contribution in [1.29, 1.82) is 0 Å². The molecule has 3 aromatic rings. The van der Waals surface area contributed by atoms with Gasteiger partial charge in [-0.25, -0.2) is 0 Å². The van der Waals surface area contributed by atoms with E-state index in [1.165, 1.54) is 11.3 Å². The molecule has 1 amide bonds. The fourth-order valence-electron chi connectivity index (χ4n) is 2.31. The third-order valence-corrected chi connectivity index (χ3v) is 4.32. The number of anilines is 1. The number of para-hydroxylation sites is 1. The minimum absolute atomic E-state index is 0.0849. The van der Waals surface area contributed by atoms with Gasteiger partial charge >= 0.3 is 0 Å². The van der Waals surface area contributed by atoms with Crippen LogP contribution in [0.15, 0.2) is 30.3 Å². The molecular weight excluding hydrogens is 284 g/mol. The number of amides is 1. The second kappa shape index (κ2) is 5.65. The number of hydrogen-bond acceptors (Lipinski definition) is 4. The minimum atomic E-state index is -0.0849. The van der Waals surface area contributed by atoms with E-state index in [9.17, 15) is 4.79 Å². The van der Waals surface area contributed by atoms with Crippen molar-refractivity contribution in [1.82, 2.24) is 14.8 Å². The van der Waals surface area contributed by atoms with E-state index in [1.807, 2.05) is 36.6 Å². The maximum Gasteiger partial charge on any atom is 0.246 e. The van der Waals surface area contributed by atoms with Crippen LogP contribution in [0.2, 0.25) is 0 Å². The zero-order valence-electron chi connectivity index (χ0n) is 12.0. The van der Waals surface area contributed by atoms with Gasteiger partial charge < -0.3 is 4.57 Å². The first-order valence-corrected chi connectivity index (χ1v) is 7.66. The highest BCUT2D eigenvalue weighted by Crippen LogP contribution is 2.20. The number of nitrogens with one attached hydrogen (secondary N) is 1. The normalized spacial score (nSPS) is 11.0. The quantitative estimate of drug-likeness (QED) is 0.805. The van der Waals surface area contributed by atoms with Crippen molar-refractivity contribution in [3.05, 3.63) is 41.0 Å². The van der Waals surface area contributed by atoms with Crippen LogP contribution in [0.4, 0.5) is 5.13 Å². The molecule has 0 saturated heterocycles. The van der Waals surface area contributed by atoms with Gasteiger partial charge in [-0.15, -0.1) is 10.2 Å². The summed E-state index contributed by atoms with van der Waals surface area (Å²) in [6, 6.07) is 10.1. The second-order valence-electron chi connectivity index (χ2n) is 4.83. The lowest BCUT2D eigenvalue weighted by atomic mass is 10.2. The molecule has 2 heterocycles. The highest BCUT2D eigenvalue weighted by atomic mass is 32.1. The Hall–Kier alpha value is -2.21. The van der Waals surface area contributed by atoms with E-state index >= 15 is 0 Å². The predicted molar refractivity (Wildman–Crippen MR) is 84.6 cm³/mol. The van der Waals surface area contributed by atoms with Gasteiger partial charge in [-0.05, 0) is 30.9 Å². The molecule has 0 atom stereocenters. The topological polar surface area (TPSA) is 59.8 Å². The molecule has 0 fully saturated rings. The van der Waals surface area contributed by atoms with E-state index in [2.05, 4.69) is 27.6 Å². The van der Waals surface area contributed by atoms with Crippen molar-refractivity contribution in [2.75, 3.05) is 5.32 Å². The summed E-state index contributed by atoms with van der Waals surface area (Å²) < 4.78 is 2.01. The summed E-state index contributed by atoms with van der Waals surface area (Å²) in [5.74, 6) is -0.0849. The van der Waals surface area contributed by atoms with Gasteiger partial charge in [0.2, 0.25) is 11.0 Å². The van der Waals surface area contributed by atoms with Gasteiger partial charge in [0, 0.05) is 11.2 Å². The second-order valence-corrected chi connectivity index (χ2v) is 5.90. The maximum absolute atomic E-state index is 12.2. The highest BCUT2D eigenvalue weighted by molar-refractivity contribution is 7.15. The van der Waals surface area contributed by atoms with Crippen LogP contribution in [0, 0.1) is 6.92 Å². The molecule has 0 aliphatic heterocycles. The van der Waals surface area contributed by atoms with E-state index in [0.717, 1.165) is 28.0 Å². The Morgan fingerprint density at radius 2 is 2.14 bits per heavy atom. The molecule has 3 rings (SSSR count). The standard InChI is InChI=1S/C15H16N4OS/c1-3-14-17-18-15(21-14)16-13(20)9-19-10(2)8-11-6-4-5-7-12(11)19/h4-8H,3,9H2,1-2H3,(H,16,18,20). The van der Waals surface area contributed by atoms with Gasteiger partial charge in [-0.3, -0.25) is 10.1 Å². The Morgan fingerprint density at radius 1 is 1.33 bits per heavy atom. The van der Waals surface area contributed by atoms with Crippen LogP contribution in [0.1, 0.15) is 17.6 Å². The fraction of sp³-hybridized carbons (Fsp3) is 0.267. The van der Waals surface area contributed by atoms with Crippen LogP contribution in [-0.4, -0.2) is 20.7 Å². The number of rotatable bonds is 4. The molecule has 0 radical (unpaired) electrons. The summed E-state index contributed by atoms with van der Waals surface area (Å²) in [4.78, 5) is 12.2. The van der Waals surface area contributed by atoms with Crippen LogP contribution in [-0.2, 0) is 17.8 Å². The minimum Gasteiger partial charge on any atom is -0.335 e. The van der Waals surface area contributed by atoms with Crippen LogP contribution < -0.4 is 5.32 Å². The van der Waals surface area contributed by atoms with Gasteiger partial charge in [0.25, 0.3) is 0 Å². The molecule has 6 heteroatoms. The molecule has 5 nitrogen and oxygen atoms in total. The van der Waals surface area contributed by atoms with Crippen molar-refractivity contribution < 1.29 is 4.79 Å². The number of fused-ring (bicyclic) bond motifs is 1. The van der Waals surface area contributed by atoms with E-state index < -0.39 is 0 Å². The van der Waals surface area contributed by atoms with Crippen LogP contribution >= 0.6 is 11.3 Å². The van der Waals surface area contributed by atoms with Crippen LogP contribution in [0.25, 0.3) is 10.9 Å². The molecule has 1 N–H and O–H groups in total. The molecular formula is C15H16N4OS. The summed E-state index contributed by atoms with van der Waals surface area (Å²) in [6.45, 7) is 4.30. The molecule has 2 aromatic heterocycles. The lowest BCUT2D eigenvalue weighted by Crippen LogP contribution is -2.19. The summed E-state index contributed by atoms with van der Waals surface area (Å²) in [5.41, 5.74) is 2.13. The fourth-order valence-corrected chi connectivity index (χ4v) is 3.00. The molecule has 0 bridgehead atoms. The molecule has 0 unspecified atom stereocenters. The lowest BCUT2D eigenvalue weighted by molar-refractivity contribution is -0.116. The summed E-state index contributed by atoms with van der Waals surface area (Å²) in [5, 5.41) is 13.4. The van der Waals surface area contributed by atoms with Crippen LogP contribution in [0.3, 0.4) is 0 Å². The number of benzene rings is 1. The Labute approximate surface area is 126 Å². The average molecular weight is 300 g/mol. The van der Waals surface area contributed by atoms with Crippen molar-refractivity contribution in [2.24, 2.45) is 0 Å². The Bertz CT molecular complexity index is 790. The first-order chi connectivity index (χ1) is 10.2. The highest BCUT2D eigenvalue weighted by Gasteiger charge is 2.11. The van der Waals surface area contributed by atoms with E-state index in [-0.39, 0.29) is 12.5 Å². The smallest absolute Gasteiger partial charge is 0.246 e. The van der Waals surface area contributed by atoms with Gasteiger partial charge in [0.15, 0.2) is 0 Å². The molecule has 1 aromatic carbocycles. The molecule has 21 heavy (non-hydrogen) atoms. The Kier molecular flexibility index (Phi) is 3.70. The number of aryl methyl sites for hydroxylation is 2. The first-order valence-electron chi connectivity index (χ1n) is 6.84. The van der Waals surface area contributed by atoms with Crippen molar-refractivity contribution in [3.63, 3.8) is 0 Å². The number of nitrogens with zero attached hydrogens (tertiary/aromatic N) is 3. The SMILES string of the molecule is CCc1nnc(NC(=O)Cn2c(C)cc3ccccc32)s1. The largest absolute Gasteiger partial charge is 0.335 e. The van der Waals surface area contributed by atoms with Gasteiger partial charge in [0.05, 0.1) is 0 Å². The van der Waals surface area contributed by atoms with Crippen molar-refractivity contribution in [2.45, 2.75) is 26.8 Å². The number of aromatic nitrogens is 3. The summed E-state index contributed by atoms with van der Waals surface area (Å²) in [6.07, 6.45) is 0.828. The van der Waals surface area contributed by atoms with Gasteiger partial charge in [-0.1, -0.05) is 36.5 Å². The third-order valence-electron chi connectivity index (χ3n) is 3.34. The maximum atomic E-state index is 12.2. The van der Waals surface area contributed by atoms with Crippen molar-refractivity contribution >= 4 is 33.3 Å². The van der Waals surface area contributed by atoms with Crippen LogP contribution in [0.5, 0.6) is 0 Å². The van der Waals surface area contributed by atoms with E-state index in [4.69, 9.17) is 0 Å². The monoisotopic (exact) mass is 300 g/mol. The first kappa shape index (κ1) is 13.8. The number of hydrogen-bond donors (Lipinski definition) is 1. The predicted octanol–water partition coefficient (Wildman–Crippen LogP) is 3.00. The number of carbonyl (C=O) groups is 1. The molecule has 0 aliphatic rings. The summed E-state index contributed by atoms with van der Waals surface area (Å²) in [7, 11) is 0. The van der Waals surface area contributed by atoms with Gasteiger partial charge in [-0.2, -0.15) is 0 Å². The number of carbonyl (C=O) groups excluding carboxylic acids is 1. The summed E-state index contributed by atoms with van der Waals surface area (Å²) >= 11 is 1.42. The zero-order valence-corrected chi connectivity index (χ0v) is 12.8. The third kappa shape index (κ3) is 2.80. The average Bonchev–Trinajstić information content (AvgIpc) is 3.04. The lowest BCUT2D eigenvalue weighted by Gasteiger charge is -2.07. The molecule has 0 aliphatic carbocycles. The van der Waals surface area contributed by atoms with Crippen molar-refractivity contribution in [3.8, 4) is 0 Å². The molecule has 0 saturated carbocycles. The van der Waals surface area contributed by atoms with Gasteiger partial charge in [0.1, 0.15) is 11.6 Å². The van der Waals surface area contributed by atoms with E-state index in [1.54, 1.807) is 0 Å². The Balaban J connectivity index is 1.78. The Morgan fingerprint density at radius 3 is 2.90 bits per heavy atom. The zero-order chi connectivity index (χ0) is 14.8. The molecule has 0 spiro atoms. The molecule has 108 valence electrons. The van der Waals surface area contributed by atoms with E-state index in [0.29, 0.717) is 5.13 Å².